The first-order chi connectivity index (χ1) is 9.61. The Labute approximate surface area is 119 Å². The van der Waals surface area contributed by atoms with Crippen molar-refractivity contribution in [1.82, 2.24) is 20.4 Å². The molecule has 1 atom stereocenters. The number of carbonyl (C=O) groups excluding carboxylic acids is 1. The van der Waals surface area contributed by atoms with Crippen molar-refractivity contribution in [2.75, 3.05) is 19.6 Å². The highest BCUT2D eigenvalue weighted by Gasteiger charge is 2.23. The van der Waals surface area contributed by atoms with Gasteiger partial charge >= 0.3 is 6.03 Å². The molecule has 0 radical (unpaired) electrons. The van der Waals surface area contributed by atoms with Crippen LogP contribution in [0.15, 0.2) is 0 Å². The summed E-state index contributed by atoms with van der Waals surface area (Å²) < 4.78 is 0. The molecular formula is C14H21N5O. The number of likely N-dealkylation sites (tertiary alicyclic amines) is 1. The quantitative estimate of drug-likeness (QED) is 0.877. The zero-order chi connectivity index (χ0) is 14.5. The second kappa shape index (κ2) is 6.42. The largest absolute Gasteiger partial charge is 0.338 e. The standard InChI is InChI=1S/C14H21N5O/c1-10-13(11(2)18-17-10)5-6-16-14(20)19-7-3-4-12(8-15)9-19/h12H,3-7,9H2,1-2H3,(H,16,20)(H,17,18)/t12-/m1/s1. The maximum Gasteiger partial charge on any atom is 0.317 e. The minimum absolute atomic E-state index is 0.0205. The van der Waals surface area contributed by atoms with Crippen LogP contribution in [0.3, 0.4) is 0 Å². The van der Waals surface area contributed by atoms with Crippen LogP contribution < -0.4 is 5.32 Å². The van der Waals surface area contributed by atoms with Crippen molar-refractivity contribution in [2.24, 2.45) is 5.92 Å². The first kappa shape index (κ1) is 14.4. The van der Waals surface area contributed by atoms with Gasteiger partial charge in [0.05, 0.1) is 17.7 Å². The fourth-order valence-corrected chi connectivity index (χ4v) is 2.62. The van der Waals surface area contributed by atoms with Crippen molar-refractivity contribution in [3.05, 3.63) is 17.0 Å². The van der Waals surface area contributed by atoms with Crippen molar-refractivity contribution < 1.29 is 4.79 Å². The minimum Gasteiger partial charge on any atom is -0.338 e. The molecule has 2 amide bonds. The summed E-state index contributed by atoms with van der Waals surface area (Å²) in [6, 6.07) is 2.18. The second-order valence-corrected chi connectivity index (χ2v) is 5.31. The highest BCUT2D eigenvalue weighted by atomic mass is 16.2. The van der Waals surface area contributed by atoms with Crippen LogP contribution in [0.1, 0.15) is 29.8 Å². The lowest BCUT2D eigenvalue weighted by molar-refractivity contribution is 0.176. The monoisotopic (exact) mass is 275 g/mol. The SMILES string of the molecule is Cc1n[nH]c(C)c1CCNC(=O)N1CCC[C@H](C#N)C1. The average molecular weight is 275 g/mol. The number of hydrogen-bond donors (Lipinski definition) is 2. The molecule has 1 aromatic rings. The highest BCUT2D eigenvalue weighted by molar-refractivity contribution is 5.74. The minimum atomic E-state index is -0.0660. The molecule has 2 heterocycles. The van der Waals surface area contributed by atoms with Gasteiger partial charge in [0.25, 0.3) is 0 Å². The molecule has 1 aliphatic rings. The molecule has 1 saturated heterocycles. The van der Waals surface area contributed by atoms with E-state index in [0.29, 0.717) is 13.1 Å². The number of rotatable bonds is 3. The van der Waals surface area contributed by atoms with Gasteiger partial charge < -0.3 is 10.2 Å². The summed E-state index contributed by atoms with van der Waals surface area (Å²) >= 11 is 0. The Morgan fingerprint density at radius 1 is 1.60 bits per heavy atom. The summed E-state index contributed by atoms with van der Waals surface area (Å²) in [7, 11) is 0. The summed E-state index contributed by atoms with van der Waals surface area (Å²) in [4.78, 5) is 13.8. The molecule has 2 N–H and O–H groups in total. The lowest BCUT2D eigenvalue weighted by atomic mass is 10.0. The van der Waals surface area contributed by atoms with Gasteiger partial charge in [-0.15, -0.1) is 0 Å². The van der Waals surface area contributed by atoms with Crippen LogP contribution in [0.25, 0.3) is 0 Å². The molecular weight excluding hydrogens is 254 g/mol. The van der Waals surface area contributed by atoms with Crippen LogP contribution >= 0.6 is 0 Å². The predicted octanol–water partition coefficient (Wildman–Crippen LogP) is 1.51. The van der Waals surface area contributed by atoms with Crippen LogP contribution in [0.5, 0.6) is 0 Å². The molecule has 1 aromatic heterocycles. The van der Waals surface area contributed by atoms with Crippen LogP contribution in [-0.2, 0) is 6.42 Å². The lowest BCUT2D eigenvalue weighted by Crippen LogP contribution is -2.45. The number of nitrogens with one attached hydrogen (secondary N) is 2. The van der Waals surface area contributed by atoms with Gasteiger partial charge in [-0.05, 0) is 38.7 Å². The molecule has 0 aliphatic carbocycles. The number of aromatic nitrogens is 2. The Morgan fingerprint density at radius 3 is 3.05 bits per heavy atom. The Morgan fingerprint density at radius 2 is 2.40 bits per heavy atom. The molecule has 0 spiro atoms. The smallest absolute Gasteiger partial charge is 0.317 e. The molecule has 20 heavy (non-hydrogen) atoms. The fraction of sp³-hybridized carbons (Fsp3) is 0.643. The fourth-order valence-electron chi connectivity index (χ4n) is 2.62. The highest BCUT2D eigenvalue weighted by Crippen LogP contribution is 2.15. The van der Waals surface area contributed by atoms with Crippen molar-refractivity contribution in [2.45, 2.75) is 33.1 Å². The summed E-state index contributed by atoms with van der Waals surface area (Å²) in [5.41, 5.74) is 3.21. The number of carbonyl (C=O) groups is 1. The van der Waals surface area contributed by atoms with Gasteiger partial charge in [-0.3, -0.25) is 5.10 Å². The summed E-state index contributed by atoms with van der Waals surface area (Å²) in [5, 5.41) is 18.9. The van der Waals surface area contributed by atoms with E-state index in [-0.39, 0.29) is 11.9 Å². The molecule has 0 bridgehead atoms. The maximum absolute atomic E-state index is 12.0. The second-order valence-electron chi connectivity index (χ2n) is 5.31. The number of hydrogen-bond acceptors (Lipinski definition) is 3. The molecule has 1 fully saturated rings. The molecule has 108 valence electrons. The van der Waals surface area contributed by atoms with Gasteiger partial charge in [-0.25, -0.2) is 4.79 Å². The van der Waals surface area contributed by atoms with Crippen LogP contribution in [0.2, 0.25) is 0 Å². The summed E-state index contributed by atoms with van der Waals surface area (Å²) in [6.45, 7) is 5.83. The lowest BCUT2D eigenvalue weighted by Gasteiger charge is -2.29. The number of amides is 2. The molecule has 6 heteroatoms. The number of H-pyrrole nitrogens is 1. The third-order valence-corrected chi connectivity index (χ3v) is 3.82. The van der Waals surface area contributed by atoms with Gasteiger partial charge in [0.15, 0.2) is 0 Å². The first-order valence-corrected chi connectivity index (χ1v) is 7.04. The molecule has 0 aromatic carbocycles. The molecule has 0 unspecified atom stereocenters. The van der Waals surface area contributed by atoms with Gasteiger partial charge in [0.2, 0.25) is 0 Å². The Bertz CT molecular complexity index is 497. The average Bonchev–Trinajstić information content (AvgIpc) is 2.79. The normalized spacial score (nSPS) is 18.6. The van der Waals surface area contributed by atoms with E-state index in [0.717, 1.165) is 37.2 Å². The van der Waals surface area contributed by atoms with E-state index < -0.39 is 0 Å². The van der Waals surface area contributed by atoms with E-state index in [2.05, 4.69) is 21.6 Å². The van der Waals surface area contributed by atoms with E-state index in [9.17, 15) is 4.79 Å². The van der Waals surface area contributed by atoms with Gasteiger partial charge in [0, 0.05) is 25.3 Å². The number of nitriles is 1. The summed E-state index contributed by atoms with van der Waals surface area (Å²) in [6.07, 6.45) is 2.58. The number of urea groups is 1. The van der Waals surface area contributed by atoms with E-state index in [4.69, 9.17) is 5.26 Å². The van der Waals surface area contributed by atoms with Gasteiger partial charge in [0.1, 0.15) is 0 Å². The predicted molar refractivity (Wildman–Crippen MR) is 75.1 cm³/mol. The molecule has 0 saturated carbocycles. The van der Waals surface area contributed by atoms with Crippen molar-refractivity contribution >= 4 is 6.03 Å². The molecule has 2 rings (SSSR count). The Kier molecular flexibility index (Phi) is 4.61. The van der Waals surface area contributed by atoms with Gasteiger partial charge in [-0.2, -0.15) is 10.4 Å². The van der Waals surface area contributed by atoms with Crippen LogP contribution in [-0.4, -0.2) is 40.8 Å². The number of aryl methyl sites for hydroxylation is 2. The van der Waals surface area contributed by atoms with E-state index in [1.807, 2.05) is 13.8 Å². The van der Waals surface area contributed by atoms with Crippen molar-refractivity contribution in [3.8, 4) is 6.07 Å². The van der Waals surface area contributed by atoms with Crippen molar-refractivity contribution in [3.63, 3.8) is 0 Å². The van der Waals surface area contributed by atoms with E-state index in [1.165, 1.54) is 5.56 Å². The third kappa shape index (κ3) is 3.29. The van der Waals surface area contributed by atoms with Crippen molar-refractivity contribution in [1.29, 1.82) is 5.26 Å². The van der Waals surface area contributed by atoms with E-state index in [1.54, 1.807) is 4.90 Å². The zero-order valence-corrected chi connectivity index (χ0v) is 12.1. The number of aromatic amines is 1. The van der Waals surface area contributed by atoms with E-state index >= 15 is 0 Å². The topological polar surface area (TPSA) is 84.8 Å². The maximum atomic E-state index is 12.0. The number of piperidine rings is 1. The first-order valence-electron chi connectivity index (χ1n) is 7.04. The zero-order valence-electron chi connectivity index (χ0n) is 12.1. The third-order valence-electron chi connectivity index (χ3n) is 3.82. The summed E-state index contributed by atoms with van der Waals surface area (Å²) in [5.74, 6) is -0.0205. The van der Waals surface area contributed by atoms with Gasteiger partial charge in [-0.1, -0.05) is 0 Å². The Balaban J connectivity index is 1.79. The van der Waals surface area contributed by atoms with Crippen LogP contribution in [0.4, 0.5) is 4.79 Å². The molecule has 1 aliphatic heterocycles. The number of nitrogens with zero attached hydrogens (tertiary/aromatic N) is 3. The molecule has 6 nitrogen and oxygen atoms in total. The van der Waals surface area contributed by atoms with Crippen LogP contribution in [0, 0.1) is 31.1 Å². The Hall–Kier alpha value is -2.03.